The molecule has 3 heterocycles. The summed E-state index contributed by atoms with van der Waals surface area (Å²) in [4.78, 5) is 27.1. The third-order valence-electron chi connectivity index (χ3n) is 5.75. The molecule has 0 aliphatic carbocycles. The van der Waals surface area contributed by atoms with Crippen LogP contribution in [0.1, 0.15) is 12.0 Å². The minimum Gasteiger partial charge on any atom is -0.496 e. The molecule has 1 fully saturated rings. The van der Waals surface area contributed by atoms with Crippen molar-refractivity contribution < 1.29 is 14.3 Å². The first-order valence-corrected chi connectivity index (χ1v) is 10.8. The number of hydrogen-bond donors (Lipinski definition) is 3. The summed E-state index contributed by atoms with van der Waals surface area (Å²) in [7, 11) is 4.75. The van der Waals surface area contributed by atoms with Gasteiger partial charge in [0.15, 0.2) is 5.82 Å². The number of nitrogen functional groups attached to an aromatic ring is 1. The van der Waals surface area contributed by atoms with Crippen LogP contribution in [-0.4, -0.2) is 66.3 Å². The van der Waals surface area contributed by atoms with Crippen LogP contribution in [-0.2, 0) is 0 Å². The van der Waals surface area contributed by atoms with Gasteiger partial charge in [0.2, 0.25) is 5.95 Å². The van der Waals surface area contributed by atoms with Gasteiger partial charge in [0.25, 0.3) is 0 Å². The molecule has 0 bridgehead atoms. The molecular formula is C22H26ClN7O3. The predicted molar refractivity (Wildman–Crippen MR) is 128 cm³/mol. The van der Waals surface area contributed by atoms with E-state index >= 15 is 0 Å². The highest BCUT2D eigenvalue weighted by molar-refractivity contribution is 6.35. The van der Waals surface area contributed by atoms with E-state index in [1.54, 1.807) is 38.4 Å². The summed E-state index contributed by atoms with van der Waals surface area (Å²) in [5.41, 5.74) is 8.88. The Kier molecular flexibility index (Phi) is 6.28. The number of pyridine rings is 1. The summed E-state index contributed by atoms with van der Waals surface area (Å²) in [6.07, 6.45) is 2.50. The lowest BCUT2D eigenvalue weighted by Gasteiger charge is -2.17. The molecular weight excluding hydrogens is 446 g/mol. The number of aromatic nitrogens is 3. The van der Waals surface area contributed by atoms with Crippen molar-refractivity contribution in [2.75, 3.05) is 45.4 Å². The minimum atomic E-state index is -0.0946. The van der Waals surface area contributed by atoms with Crippen LogP contribution in [0.3, 0.4) is 0 Å². The van der Waals surface area contributed by atoms with Gasteiger partial charge in [-0.05, 0) is 19.4 Å². The van der Waals surface area contributed by atoms with Crippen molar-refractivity contribution in [1.82, 2.24) is 25.2 Å². The summed E-state index contributed by atoms with van der Waals surface area (Å²) >= 11 is 6.61. The second-order valence-corrected chi connectivity index (χ2v) is 8.13. The van der Waals surface area contributed by atoms with Crippen molar-refractivity contribution in [3.8, 4) is 22.8 Å². The number of methoxy groups -OCH3 is 2. The molecule has 0 saturated carbocycles. The first kappa shape index (κ1) is 22.7. The zero-order valence-electron chi connectivity index (χ0n) is 18.9. The van der Waals surface area contributed by atoms with Crippen molar-refractivity contribution in [2.45, 2.75) is 19.4 Å². The monoisotopic (exact) mass is 471 g/mol. The molecule has 4 rings (SSSR count). The smallest absolute Gasteiger partial charge is 0.317 e. The van der Waals surface area contributed by atoms with E-state index in [4.69, 9.17) is 26.8 Å². The fourth-order valence-electron chi connectivity index (χ4n) is 4.03. The Bertz CT molecular complexity index is 1190. The number of benzene rings is 1. The van der Waals surface area contributed by atoms with Crippen LogP contribution in [0.15, 0.2) is 18.3 Å². The quantitative estimate of drug-likeness (QED) is 0.518. The lowest BCUT2D eigenvalue weighted by molar-refractivity contribution is 0.211. The van der Waals surface area contributed by atoms with Crippen LogP contribution < -0.4 is 25.8 Å². The molecule has 2 amide bonds. The fourth-order valence-corrected chi connectivity index (χ4v) is 4.40. The first-order chi connectivity index (χ1) is 15.9. The number of likely N-dealkylation sites (tertiary alicyclic amines) is 1. The zero-order chi connectivity index (χ0) is 23.7. The second kappa shape index (κ2) is 9.14. The molecule has 0 unspecified atom stereocenters. The number of nitrogens with one attached hydrogen (secondary N) is 2. The minimum absolute atomic E-state index is 0.0545. The van der Waals surface area contributed by atoms with Gasteiger partial charge in [-0.2, -0.15) is 0 Å². The number of halogens is 1. The van der Waals surface area contributed by atoms with Crippen LogP contribution in [0, 0.1) is 6.92 Å². The summed E-state index contributed by atoms with van der Waals surface area (Å²) in [6.45, 7) is 3.14. The summed E-state index contributed by atoms with van der Waals surface area (Å²) in [5.74, 6) is 1.80. The number of nitrogens with two attached hydrogens (primary N) is 1. The van der Waals surface area contributed by atoms with Gasteiger partial charge in [0.1, 0.15) is 17.0 Å². The van der Waals surface area contributed by atoms with E-state index in [1.807, 2.05) is 13.0 Å². The highest BCUT2D eigenvalue weighted by Gasteiger charge is 2.26. The highest BCUT2D eigenvalue weighted by Crippen LogP contribution is 2.43. The number of carbonyl (C=O) groups is 1. The summed E-state index contributed by atoms with van der Waals surface area (Å²) < 4.78 is 10.9. The highest BCUT2D eigenvalue weighted by atomic mass is 35.5. The van der Waals surface area contributed by atoms with Gasteiger partial charge in [-0.3, -0.25) is 0 Å². The van der Waals surface area contributed by atoms with Gasteiger partial charge in [-0.1, -0.05) is 11.6 Å². The molecule has 1 saturated heterocycles. The van der Waals surface area contributed by atoms with Crippen LogP contribution in [0.4, 0.5) is 16.6 Å². The number of urea groups is 1. The molecule has 0 radical (unpaired) electrons. The number of hydrogen-bond acceptors (Lipinski definition) is 8. The standard InChI is InChI=1S/C22H26ClN7O3/c1-11-15(32-3)8-16(33-4)18(23)17(11)14-7-12-9-26-21(29-19(12)20(24)28-14)27-13-5-6-30(10-13)22(31)25-2/h7-9,13H,5-6,10H2,1-4H3,(H2,24,28)(H,25,31)(H,26,27,29)/t13-/m0/s1. The maximum Gasteiger partial charge on any atom is 0.317 e. The Labute approximate surface area is 196 Å². The average molecular weight is 472 g/mol. The molecule has 1 atom stereocenters. The largest absolute Gasteiger partial charge is 0.496 e. The number of ether oxygens (including phenoxy) is 2. The van der Waals surface area contributed by atoms with Crippen molar-refractivity contribution in [2.24, 2.45) is 0 Å². The molecule has 0 spiro atoms. The second-order valence-electron chi connectivity index (χ2n) is 7.75. The third kappa shape index (κ3) is 4.25. The number of anilines is 2. The number of nitrogens with zero attached hydrogens (tertiary/aromatic N) is 4. The van der Waals surface area contributed by atoms with Gasteiger partial charge in [0.05, 0.1) is 24.9 Å². The molecule has 1 aromatic carbocycles. The summed E-state index contributed by atoms with van der Waals surface area (Å²) in [5, 5.41) is 7.07. The van der Waals surface area contributed by atoms with E-state index in [1.165, 1.54) is 0 Å². The van der Waals surface area contributed by atoms with Gasteiger partial charge < -0.3 is 30.7 Å². The fraction of sp³-hybridized carbons (Fsp3) is 0.364. The van der Waals surface area contributed by atoms with E-state index < -0.39 is 0 Å². The van der Waals surface area contributed by atoms with E-state index in [-0.39, 0.29) is 17.9 Å². The maximum atomic E-state index is 11.8. The molecule has 10 nitrogen and oxygen atoms in total. The Morgan fingerprint density at radius 1 is 1.24 bits per heavy atom. The van der Waals surface area contributed by atoms with Gasteiger partial charge >= 0.3 is 6.03 Å². The zero-order valence-corrected chi connectivity index (χ0v) is 19.7. The normalized spacial score (nSPS) is 15.5. The average Bonchev–Trinajstić information content (AvgIpc) is 3.28. The molecule has 2 aromatic heterocycles. The first-order valence-electron chi connectivity index (χ1n) is 10.4. The van der Waals surface area contributed by atoms with Crippen molar-refractivity contribution >= 4 is 40.3 Å². The van der Waals surface area contributed by atoms with Crippen molar-refractivity contribution in [3.63, 3.8) is 0 Å². The van der Waals surface area contributed by atoms with Crippen molar-refractivity contribution in [3.05, 3.63) is 28.9 Å². The van der Waals surface area contributed by atoms with Gasteiger partial charge in [-0.25, -0.2) is 19.7 Å². The number of amides is 2. The Balaban J connectivity index is 1.67. The molecule has 4 N–H and O–H groups in total. The summed E-state index contributed by atoms with van der Waals surface area (Å²) in [6, 6.07) is 3.54. The molecule has 1 aliphatic rings. The molecule has 174 valence electrons. The maximum absolute atomic E-state index is 11.8. The van der Waals surface area contributed by atoms with Gasteiger partial charge in [-0.15, -0.1) is 0 Å². The Morgan fingerprint density at radius 2 is 2.00 bits per heavy atom. The number of carbonyl (C=O) groups excluding carboxylic acids is 1. The van der Waals surface area contributed by atoms with Crippen LogP contribution in [0.2, 0.25) is 5.02 Å². The van der Waals surface area contributed by atoms with Crippen LogP contribution in [0.25, 0.3) is 22.2 Å². The van der Waals surface area contributed by atoms with E-state index in [0.29, 0.717) is 52.3 Å². The molecule has 3 aromatic rings. The van der Waals surface area contributed by atoms with Crippen molar-refractivity contribution in [1.29, 1.82) is 0 Å². The topological polar surface area (TPSA) is 128 Å². The molecule has 1 aliphatic heterocycles. The van der Waals surface area contributed by atoms with E-state index in [2.05, 4.69) is 25.6 Å². The predicted octanol–water partition coefficient (Wildman–Crippen LogP) is 3.08. The van der Waals surface area contributed by atoms with Gasteiger partial charge in [0, 0.05) is 55.0 Å². The molecule has 33 heavy (non-hydrogen) atoms. The SMILES string of the molecule is CNC(=O)N1CC[C@H](Nc2ncc3cc(-c4c(C)c(OC)cc(OC)c4Cl)nc(N)c3n2)C1. The third-order valence-corrected chi connectivity index (χ3v) is 6.13. The van der Waals surface area contributed by atoms with E-state index in [9.17, 15) is 4.79 Å². The molecule has 11 heteroatoms. The number of fused-ring (bicyclic) bond motifs is 1. The lowest BCUT2D eigenvalue weighted by atomic mass is 10.0. The Hall–Kier alpha value is -3.53. The number of rotatable bonds is 5. The van der Waals surface area contributed by atoms with Crippen LogP contribution in [0.5, 0.6) is 11.5 Å². The lowest BCUT2D eigenvalue weighted by Crippen LogP contribution is -2.37. The van der Waals surface area contributed by atoms with E-state index in [0.717, 1.165) is 17.4 Å². The van der Waals surface area contributed by atoms with Crippen LogP contribution >= 0.6 is 11.6 Å². The Morgan fingerprint density at radius 3 is 2.70 bits per heavy atom.